The van der Waals surface area contributed by atoms with E-state index < -0.39 is 0 Å². The fourth-order valence-electron chi connectivity index (χ4n) is 5.04. The van der Waals surface area contributed by atoms with Gasteiger partial charge in [0.25, 0.3) is 11.8 Å². The van der Waals surface area contributed by atoms with Gasteiger partial charge < -0.3 is 4.57 Å². The maximum Gasteiger partial charge on any atom is 0.254 e. The maximum absolute atomic E-state index is 12.8. The number of carbonyl (C=O) groups excluding carboxylic acids is 2. The van der Waals surface area contributed by atoms with Crippen LogP contribution in [0.25, 0.3) is 5.69 Å². The number of para-hydroxylation sites is 1. The second kappa shape index (κ2) is 6.40. The zero-order chi connectivity index (χ0) is 19.6. The summed E-state index contributed by atoms with van der Waals surface area (Å²) >= 11 is 2.33. The third-order valence-electron chi connectivity index (χ3n) is 6.32. The van der Waals surface area contributed by atoms with Gasteiger partial charge in [-0.05, 0) is 72.9 Å². The lowest BCUT2D eigenvalue weighted by atomic mass is 9.85. The molecule has 4 atom stereocenters. The Morgan fingerprint density at radius 3 is 2.36 bits per heavy atom. The van der Waals surface area contributed by atoms with Crippen molar-refractivity contribution in [3.05, 3.63) is 63.0 Å². The van der Waals surface area contributed by atoms with Crippen LogP contribution in [0.4, 0.5) is 0 Å². The van der Waals surface area contributed by atoms with Crippen LogP contribution >= 0.6 is 22.6 Å². The topological polar surface area (TPSA) is 54.7 Å². The number of hydrogen-bond donors (Lipinski definition) is 0. The van der Waals surface area contributed by atoms with Crippen molar-refractivity contribution in [3.63, 3.8) is 0 Å². The molecule has 2 heterocycles. The van der Waals surface area contributed by atoms with Gasteiger partial charge in [-0.1, -0.05) is 24.3 Å². The Hall–Kier alpha value is -2.22. The fraction of sp³-hybridized carbons (Fsp3) is 0.318. The van der Waals surface area contributed by atoms with E-state index in [0.717, 1.165) is 37.6 Å². The van der Waals surface area contributed by atoms with Crippen molar-refractivity contribution < 1.29 is 9.59 Å². The van der Waals surface area contributed by atoms with Crippen molar-refractivity contribution >= 4 is 40.6 Å². The lowest BCUT2D eigenvalue weighted by molar-refractivity contribution is -0.140. The van der Waals surface area contributed by atoms with Crippen LogP contribution in [0.5, 0.6) is 0 Å². The van der Waals surface area contributed by atoms with Crippen molar-refractivity contribution in [1.82, 2.24) is 9.58 Å². The standard InChI is InChI=1S/C22H20IN3O2/c1-12-9-16(13(2)25(12)18-6-4-3-5-17(18)23)11-24-26-21(27)19-14-7-8-15(10-14)20(19)22(26)28/h3-9,11,14-15,19-20H,10H2,1-2H3/b24-11-/t14-,15-,19+,20+/m0/s1. The van der Waals surface area contributed by atoms with E-state index >= 15 is 0 Å². The molecule has 2 amide bonds. The number of nitrogens with zero attached hydrogens (tertiary/aromatic N) is 3. The van der Waals surface area contributed by atoms with Gasteiger partial charge in [-0.2, -0.15) is 10.1 Å². The number of aryl methyl sites for hydroxylation is 1. The molecule has 5 rings (SSSR count). The van der Waals surface area contributed by atoms with E-state index in [1.54, 1.807) is 6.21 Å². The molecule has 1 saturated carbocycles. The Morgan fingerprint density at radius 1 is 1.07 bits per heavy atom. The highest BCUT2D eigenvalue weighted by atomic mass is 127. The summed E-state index contributed by atoms with van der Waals surface area (Å²) in [4.78, 5) is 25.6. The number of hydrazone groups is 1. The smallest absolute Gasteiger partial charge is 0.254 e. The molecular weight excluding hydrogens is 465 g/mol. The second-order valence-corrected chi connectivity index (χ2v) is 9.01. The molecule has 1 aromatic carbocycles. The number of allylic oxidation sites excluding steroid dienone is 2. The number of rotatable bonds is 3. The normalized spacial score (nSPS) is 28.2. The molecule has 3 aliphatic rings. The quantitative estimate of drug-likeness (QED) is 0.287. The number of imide groups is 1. The van der Waals surface area contributed by atoms with Crippen LogP contribution in [0, 0.1) is 41.1 Å². The van der Waals surface area contributed by atoms with Crippen molar-refractivity contribution in [2.45, 2.75) is 20.3 Å². The molecule has 0 N–H and O–H groups in total. The summed E-state index contributed by atoms with van der Waals surface area (Å²) in [5, 5.41) is 5.44. The Bertz CT molecular complexity index is 1040. The van der Waals surface area contributed by atoms with Crippen LogP contribution in [0.2, 0.25) is 0 Å². The van der Waals surface area contributed by atoms with Crippen LogP contribution in [-0.2, 0) is 9.59 Å². The van der Waals surface area contributed by atoms with E-state index in [4.69, 9.17) is 0 Å². The minimum absolute atomic E-state index is 0.144. The number of hydrogen-bond acceptors (Lipinski definition) is 3. The highest BCUT2D eigenvalue weighted by Gasteiger charge is 2.59. The van der Waals surface area contributed by atoms with Crippen LogP contribution in [0.3, 0.4) is 0 Å². The first-order valence-electron chi connectivity index (χ1n) is 9.51. The third kappa shape index (κ3) is 2.46. The summed E-state index contributed by atoms with van der Waals surface area (Å²) in [6, 6.07) is 10.2. The molecule has 6 heteroatoms. The van der Waals surface area contributed by atoms with Gasteiger partial charge in [0, 0.05) is 20.5 Å². The highest BCUT2D eigenvalue weighted by molar-refractivity contribution is 14.1. The van der Waals surface area contributed by atoms with E-state index in [9.17, 15) is 9.59 Å². The summed E-state index contributed by atoms with van der Waals surface area (Å²) in [6.45, 7) is 4.08. The minimum Gasteiger partial charge on any atom is -0.317 e. The lowest BCUT2D eigenvalue weighted by Gasteiger charge is -2.13. The van der Waals surface area contributed by atoms with E-state index in [1.807, 2.05) is 32.0 Å². The first-order valence-corrected chi connectivity index (χ1v) is 10.6. The molecule has 2 aliphatic carbocycles. The van der Waals surface area contributed by atoms with E-state index in [0.29, 0.717) is 0 Å². The summed E-state index contributed by atoms with van der Waals surface area (Å²) in [5.41, 5.74) is 4.15. The Kier molecular flexibility index (Phi) is 4.08. The first-order chi connectivity index (χ1) is 13.5. The van der Waals surface area contributed by atoms with Crippen molar-refractivity contribution in [3.8, 4) is 5.69 Å². The second-order valence-electron chi connectivity index (χ2n) is 7.85. The van der Waals surface area contributed by atoms with Crippen LogP contribution in [0.1, 0.15) is 23.4 Å². The van der Waals surface area contributed by atoms with Crippen LogP contribution in [-0.4, -0.2) is 27.6 Å². The van der Waals surface area contributed by atoms with Gasteiger partial charge in [-0.15, -0.1) is 0 Å². The Labute approximate surface area is 177 Å². The highest BCUT2D eigenvalue weighted by Crippen LogP contribution is 2.52. The van der Waals surface area contributed by atoms with Gasteiger partial charge >= 0.3 is 0 Å². The van der Waals surface area contributed by atoms with E-state index in [-0.39, 0.29) is 35.5 Å². The van der Waals surface area contributed by atoms with Crippen LogP contribution < -0.4 is 0 Å². The zero-order valence-corrected chi connectivity index (χ0v) is 17.8. The summed E-state index contributed by atoms with van der Waals surface area (Å²) in [5.74, 6) is -0.297. The molecule has 5 nitrogen and oxygen atoms in total. The van der Waals surface area contributed by atoms with Gasteiger partial charge in [-0.25, -0.2) is 0 Å². The van der Waals surface area contributed by atoms with Crippen LogP contribution in [0.15, 0.2) is 47.6 Å². The van der Waals surface area contributed by atoms with Gasteiger partial charge in [0.15, 0.2) is 0 Å². The molecule has 1 aromatic heterocycles. The predicted molar refractivity (Wildman–Crippen MR) is 115 cm³/mol. The molecule has 1 saturated heterocycles. The summed E-state index contributed by atoms with van der Waals surface area (Å²) in [7, 11) is 0. The van der Waals surface area contributed by atoms with Gasteiger partial charge in [-0.3, -0.25) is 9.59 Å². The molecule has 2 bridgehead atoms. The molecule has 0 radical (unpaired) electrons. The molecule has 2 fully saturated rings. The summed E-state index contributed by atoms with van der Waals surface area (Å²) in [6.07, 6.45) is 6.78. The number of carbonyl (C=O) groups is 2. The lowest BCUT2D eigenvalue weighted by Crippen LogP contribution is -2.28. The third-order valence-corrected chi connectivity index (χ3v) is 7.24. The van der Waals surface area contributed by atoms with Crippen molar-refractivity contribution in [1.29, 1.82) is 0 Å². The molecule has 1 aliphatic heterocycles. The van der Waals surface area contributed by atoms with Crippen molar-refractivity contribution in [2.24, 2.45) is 28.8 Å². The molecule has 0 spiro atoms. The first kappa shape index (κ1) is 17.8. The number of benzene rings is 1. The predicted octanol–water partition coefficient (Wildman–Crippen LogP) is 3.84. The van der Waals surface area contributed by atoms with Gasteiger partial charge in [0.2, 0.25) is 0 Å². The van der Waals surface area contributed by atoms with E-state index in [1.165, 1.54) is 0 Å². The average molecular weight is 485 g/mol. The molecule has 0 unspecified atom stereocenters. The zero-order valence-electron chi connectivity index (χ0n) is 15.7. The van der Waals surface area contributed by atoms with Crippen molar-refractivity contribution in [2.75, 3.05) is 0 Å². The number of aromatic nitrogens is 1. The number of amides is 2. The van der Waals surface area contributed by atoms with Gasteiger partial charge in [0.05, 0.1) is 23.7 Å². The van der Waals surface area contributed by atoms with E-state index in [2.05, 4.69) is 56.5 Å². The SMILES string of the molecule is Cc1cc(/C=N\N2C(=O)[C@H]3[C@H](C2=O)[C@H]2C=C[C@H]3C2)c(C)n1-c1ccccc1I. The number of halogens is 1. The van der Waals surface area contributed by atoms with Gasteiger partial charge in [0.1, 0.15) is 0 Å². The molecular formula is C22H20IN3O2. The molecule has 28 heavy (non-hydrogen) atoms. The molecule has 142 valence electrons. The Balaban J connectivity index is 1.46. The maximum atomic E-state index is 12.8. The average Bonchev–Trinajstić information content (AvgIpc) is 3.40. The monoisotopic (exact) mass is 485 g/mol. The molecule has 2 aromatic rings. The minimum atomic E-state index is -0.210. The summed E-state index contributed by atoms with van der Waals surface area (Å²) < 4.78 is 3.33. The fourth-order valence-corrected chi connectivity index (χ4v) is 5.67. The Morgan fingerprint density at radius 2 is 1.71 bits per heavy atom. The number of fused-ring (bicyclic) bond motifs is 5. The largest absolute Gasteiger partial charge is 0.317 e.